The molecule has 0 fully saturated rings. The molecule has 1 atom stereocenters. The fourth-order valence-electron chi connectivity index (χ4n) is 4.21. The van der Waals surface area contributed by atoms with Crippen LogP contribution in [0.5, 0.6) is 5.75 Å². The van der Waals surface area contributed by atoms with Gasteiger partial charge in [0.25, 0.3) is 0 Å². The molecular formula is C24H22FN5O. The second-order valence-electron chi connectivity index (χ2n) is 7.64. The van der Waals surface area contributed by atoms with Gasteiger partial charge in [-0.15, -0.1) is 0 Å². The number of hydrogen-bond acceptors (Lipinski definition) is 5. The highest BCUT2D eigenvalue weighted by Crippen LogP contribution is 2.38. The zero-order valence-electron chi connectivity index (χ0n) is 17.3. The van der Waals surface area contributed by atoms with Crippen LogP contribution in [-0.4, -0.2) is 19.7 Å². The van der Waals surface area contributed by atoms with Crippen molar-refractivity contribution >= 4 is 5.82 Å². The van der Waals surface area contributed by atoms with Gasteiger partial charge in [-0.1, -0.05) is 6.07 Å². The number of aromatic nitrogens is 4. The summed E-state index contributed by atoms with van der Waals surface area (Å²) >= 11 is 0. The monoisotopic (exact) mass is 415 g/mol. The lowest BCUT2D eigenvalue weighted by Gasteiger charge is -2.22. The number of hydrogen-bond donors (Lipinski definition) is 1. The van der Waals surface area contributed by atoms with E-state index in [1.165, 1.54) is 12.1 Å². The lowest BCUT2D eigenvalue weighted by molar-refractivity contribution is 0.228. The van der Waals surface area contributed by atoms with Crippen LogP contribution >= 0.6 is 0 Å². The molecule has 0 saturated heterocycles. The Labute approximate surface area is 179 Å². The van der Waals surface area contributed by atoms with E-state index in [0.717, 1.165) is 39.1 Å². The molecular weight excluding hydrogens is 393 g/mol. The molecule has 0 radical (unpaired) electrons. The second-order valence-corrected chi connectivity index (χ2v) is 7.64. The summed E-state index contributed by atoms with van der Waals surface area (Å²) in [6.45, 7) is 4.65. The van der Waals surface area contributed by atoms with Crippen LogP contribution in [0.15, 0.2) is 55.1 Å². The van der Waals surface area contributed by atoms with Crippen molar-refractivity contribution in [2.75, 3.05) is 5.73 Å². The van der Waals surface area contributed by atoms with E-state index in [4.69, 9.17) is 10.5 Å². The molecule has 2 N–H and O–H groups in total. The van der Waals surface area contributed by atoms with Crippen molar-refractivity contribution in [1.82, 2.24) is 19.7 Å². The van der Waals surface area contributed by atoms with Crippen molar-refractivity contribution < 1.29 is 9.13 Å². The number of halogens is 1. The topological polar surface area (TPSA) is 78.9 Å². The highest BCUT2D eigenvalue weighted by atomic mass is 19.1. The highest BCUT2D eigenvalue weighted by Gasteiger charge is 2.22. The number of anilines is 1. The summed E-state index contributed by atoms with van der Waals surface area (Å²) < 4.78 is 22.4. The predicted molar refractivity (Wildman–Crippen MR) is 117 cm³/mol. The largest absolute Gasteiger partial charge is 0.482 e. The normalized spacial score (nSPS) is 15.0. The average Bonchev–Trinajstić information content (AvgIpc) is 3.17. The minimum Gasteiger partial charge on any atom is -0.482 e. The maximum absolute atomic E-state index is 14.2. The molecule has 0 amide bonds. The van der Waals surface area contributed by atoms with E-state index in [2.05, 4.69) is 15.1 Å². The Hall–Kier alpha value is -3.74. The van der Waals surface area contributed by atoms with E-state index in [1.807, 2.05) is 43.1 Å². The standard InChI is InChI=1S/C24H22FN5O/c1-3-30-23-16(13-29-30)8-15-11-27-7-6-19(15)20-5-4-18(25)10-21(20)14(2)31-22-9-17(23)12-28-24(22)26/h4-7,9-14H,3,8H2,1-2H3,(H2,26,28). The van der Waals surface area contributed by atoms with Crippen LogP contribution in [0, 0.1) is 5.82 Å². The minimum absolute atomic E-state index is 0.291. The summed E-state index contributed by atoms with van der Waals surface area (Å²) in [6.07, 6.45) is 7.42. The molecule has 31 heavy (non-hydrogen) atoms. The Bertz CT molecular complexity index is 1280. The van der Waals surface area contributed by atoms with E-state index in [1.54, 1.807) is 18.5 Å². The van der Waals surface area contributed by atoms with Crippen LogP contribution in [0.4, 0.5) is 10.2 Å². The summed E-state index contributed by atoms with van der Waals surface area (Å²) in [5.41, 5.74) is 12.7. The SMILES string of the molecule is CCn1ncc2c1-c1cnc(N)c(c1)OC(C)c1cc(F)ccc1-c1ccncc1C2. The summed E-state index contributed by atoms with van der Waals surface area (Å²) in [7, 11) is 0. The first-order valence-corrected chi connectivity index (χ1v) is 10.2. The van der Waals surface area contributed by atoms with Gasteiger partial charge < -0.3 is 10.5 Å². The molecule has 2 bridgehead atoms. The molecule has 0 saturated carbocycles. The number of ether oxygens (including phenoxy) is 1. The Balaban J connectivity index is 1.81. The number of nitrogen functional groups attached to an aromatic ring is 1. The van der Waals surface area contributed by atoms with Crippen molar-refractivity contribution in [2.24, 2.45) is 0 Å². The van der Waals surface area contributed by atoms with Crippen LogP contribution in [0.25, 0.3) is 22.4 Å². The van der Waals surface area contributed by atoms with Crippen molar-refractivity contribution in [1.29, 1.82) is 0 Å². The fourth-order valence-corrected chi connectivity index (χ4v) is 4.21. The average molecular weight is 415 g/mol. The first-order chi connectivity index (χ1) is 15.0. The van der Waals surface area contributed by atoms with Gasteiger partial charge in [-0.3, -0.25) is 9.67 Å². The molecule has 5 rings (SSSR count). The maximum Gasteiger partial charge on any atom is 0.166 e. The molecule has 1 unspecified atom stereocenters. The quantitative estimate of drug-likeness (QED) is 0.483. The van der Waals surface area contributed by atoms with Gasteiger partial charge in [0.2, 0.25) is 0 Å². The molecule has 1 aromatic carbocycles. The molecule has 4 aromatic rings. The molecule has 1 aliphatic rings. The molecule has 3 aromatic heterocycles. The number of benzene rings is 1. The summed E-state index contributed by atoms with van der Waals surface area (Å²) in [5, 5.41) is 4.57. The first-order valence-electron chi connectivity index (χ1n) is 10.2. The second kappa shape index (κ2) is 7.50. The number of aryl methyl sites for hydroxylation is 1. The van der Waals surface area contributed by atoms with Gasteiger partial charge in [0.1, 0.15) is 11.9 Å². The van der Waals surface area contributed by atoms with Crippen molar-refractivity contribution in [3.8, 4) is 28.1 Å². The van der Waals surface area contributed by atoms with E-state index in [-0.39, 0.29) is 5.82 Å². The molecule has 0 aliphatic carbocycles. The van der Waals surface area contributed by atoms with Gasteiger partial charge in [0, 0.05) is 48.2 Å². The maximum atomic E-state index is 14.2. The van der Waals surface area contributed by atoms with Gasteiger partial charge in [-0.25, -0.2) is 9.37 Å². The molecule has 1 aliphatic heterocycles. The first kappa shape index (κ1) is 19.2. The fraction of sp³-hybridized carbons (Fsp3) is 0.208. The third kappa shape index (κ3) is 3.32. The Morgan fingerprint density at radius 2 is 2.00 bits per heavy atom. The van der Waals surface area contributed by atoms with E-state index in [0.29, 0.717) is 24.5 Å². The van der Waals surface area contributed by atoms with Gasteiger partial charge in [0.15, 0.2) is 11.6 Å². The molecule has 156 valence electrons. The smallest absolute Gasteiger partial charge is 0.166 e. The zero-order chi connectivity index (χ0) is 21.5. The van der Waals surface area contributed by atoms with Crippen LogP contribution < -0.4 is 10.5 Å². The Morgan fingerprint density at radius 1 is 1.13 bits per heavy atom. The van der Waals surface area contributed by atoms with Crippen LogP contribution in [0.3, 0.4) is 0 Å². The summed E-state index contributed by atoms with van der Waals surface area (Å²) in [4.78, 5) is 8.71. The van der Waals surface area contributed by atoms with Gasteiger partial charge >= 0.3 is 0 Å². The summed E-state index contributed by atoms with van der Waals surface area (Å²) in [6, 6.07) is 8.63. The number of nitrogens with two attached hydrogens (primary N) is 1. The molecule has 0 spiro atoms. The molecule has 4 heterocycles. The summed E-state index contributed by atoms with van der Waals surface area (Å²) in [5.74, 6) is 0.438. The Morgan fingerprint density at radius 3 is 2.84 bits per heavy atom. The van der Waals surface area contributed by atoms with E-state index >= 15 is 0 Å². The lowest BCUT2D eigenvalue weighted by atomic mass is 9.91. The van der Waals surface area contributed by atoms with E-state index < -0.39 is 6.10 Å². The molecule has 6 nitrogen and oxygen atoms in total. The number of fused-ring (bicyclic) bond motifs is 7. The van der Waals surface area contributed by atoms with Crippen LogP contribution in [0.1, 0.15) is 36.6 Å². The van der Waals surface area contributed by atoms with Crippen molar-refractivity contribution in [3.63, 3.8) is 0 Å². The Kier molecular flexibility index (Phi) is 4.66. The third-order valence-corrected chi connectivity index (χ3v) is 5.70. The van der Waals surface area contributed by atoms with Crippen molar-refractivity contribution in [3.05, 3.63) is 77.6 Å². The van der Waals surface area contributed by atoms with Gasteiger partial charge in [-0.2, -0.15) is 5.10 Å². The number of rotatable bonds is 1. The van der Waals surface area contributed by atoms with Gasteiger partial charge in [0.05, 0.1) is 11.9 Å². The van der Waals surface area contributed by atoms with Crippen LogP contribution in [-0.2, 0) is 13.0 Å². The number of nitrogens with zero attached hydrogens (tertiary/aromatic N) is 4. The number of pyridine rings is 2. The highest BCUT2D eigenvalue weighted by molar-refractivity contribution is 5.73. The van der Waals surface area contributed by atoms with E-state index in [9.17, 15) is 4.39 Å². The van der Waals surface area contributed by atoms with Crippen LogP contribution in [0.2, 0.25) is 0 Å². The van der Waals surface area contributed by atoms with Gasteiger partial charge in [-0.05, 0) is 54.8 Å². The minimum atomic E-state index is -0.443. The van der Waals surface area contributed by atoms with Crippen molar-refractivity contribution in [2.45, 2.75) is 32.9 Å². The zero-order valence-corrected chi connectivity index (χ0v) is 17.3. The predicted octanol–water partition coefficient (Wildman–Crippen LogP) is 4.79. The lowest BCUT2D eigenvalue weighted by Crippen LogP contribution is -2.10. The molecule has 7 heteroatoms. The third-order valence-electron chi connectivity index (χ3n) is 5.70.